The van der Waals surface area contributed by atoms with E-state index in [-0.39, 0.29) is 6.61 Å². The van der Waals surface area contributed by atoms with Gasteiger partial charge in [-0.1, -0.05) is 38.8 Å². The minimum absolute atomic E-state index is 0.129. The smallest absolute Gasteiger partial charge is 0.414 e. The Bertz CT molecular complexity index is 553. The molecule has 1 aromatic rings. The highest BCUT2D eigenvalue weighted by Crippen LogP contribution is 2.08. The summed E-state index contributed by atoms with van der Waals surface area (Å²) in [5.74, 6) is 0.319. The van der Waals surface area contributed by atoms with E-state index >= 15 is 0 Å². The number of amides is 1. The summed E-state index contributed by atoms with van der Waals surface area (Å²) in [4.78, 5) is 26.8. The summed E-state index contributed by atoms with van der Waals surface area (Å²) in [7, 11) is 0. The van der Waals surface area contributed by atoms with E-state index in [2.05, 4.69) is 29.1 Å². The third kappa shape index (κ3) is 8.12. The molecular weight excluding hydrogens is 306 g/mol. The molecule has 0 spiro atoms. The number of anilines is 1. The minimum atomic E-state index is -0.598. The predicted molar refractivity (Wildman–Crippen MR) is 96.6 cm³/mol. The van der Waals surface area contributed by atoms with Gasteiger partial charge in [-0.3, -0.25) is 15.1 Å². The molecule has 2 N–H and O–H groups in total. The normalized spacial score (nSPS) is 10.8. The molecule has 1 rings (SSSR count). The fourth-order valence-electron chi connectivity index (χ4n) is 1.89. The molecule has 0 aromatic heterocycles. The average molecular weight is 331 g/mol. The van der Waals surface area contributed by atoms with Crippen LogP contribution in [-0.4, -0.2) is 31.5 Å². The van der Waals surface area contributed by atoms with Crippen LogP contribution in [0.2, 0.25) is 0 Å². The van der Waals surface area contributed by atoms with Gasteiger partial charge in [0.2, 0.25) is 5.96 Å². The second-order valence-electron chi connectivity index (χ2n) is 5.17. The third-order valence-electron chi connectivity index (χ3n) is 3.14. The number of alkyl carbamates (subject to hydrolysis) is 1. The molecule has 1 amide bonds. The highest BCUT2D eigenvalue weighted by Gasteiger charge is 2.07. The van der Waals surface area contributed by atoms with Crippen molar-refractivity contribution in [2.75, 3.05) is 18.5 Å². The van der Waals surface area contributed by atoms with Crippen LogP contribution in [-0.2, 0) is 4.74 Å². The van der Waals surface area contributed by atoms with Crippen LogP contribution >= 0.6 is 0 Å². The van der Waals surface area contributed by atoms with E-state index < -0.39 is 6.09 Å². The van der Waals surface area contributed by atoms with Crippen LogP contribution < -0.4 is 10.6 Å². The Hall–Kier alpha value is -2.63. The highest BCUT2D eigenvalue weighted by atomic mass is 16.5. The molecule has 0 bridgehead atoms. The Morgan fingerprint density at radius 3 is 2.62 bits per heavy atom. The van der Waals surface area contributed by atoms with Gasteiger partial charge in [-0.25, -0.2) is 4.79 Å². The van der Waals surface area contributed by atoms with Gasteiger partial charge in [0.25, 0.3) is 0 Å². The SMILES string of the molecule is C=CCOC(=O)N/C(=N\CCCCCC)Nc1ccc(C=O)cc1. The van der Waals surface area contributed by atoms with Crippen molar-refractivity contribution in [1.82, 2.24) is 5.32 Å². The molecule has 0 saturated heterocycles. The Morgan fingerprint density at radius 2 is 2.00 bits per heavy atom. The maximum Gasteiger partial charge on any atom is 0.414 e. The fourth-order valence-corrected chi connectivity index (χ4v) is 1.89. The summed E-state index contributed by atoms with van der Waals surface area (Å²) >= 11 is 0. The van der Waals surface area contributed by atoms with Crippen LogP contribution in [0.5, 0.6) is 0 Å². The van der Waals surface area contributed by atoms with E-state index in [1.807, 2.05) is 0 Å². The molecule has 6 nitrogen and oxygen atoms in total. The number of hydrogen-bond acceptors (Lipinski definition) is 4. The number of nitrogens with zero attached hydrogens (tertiary/aromatic N) is 1. The van der Waals surface area contributed by atoms with Crippen molar-refractivity contribution in [1.29, 1.82) is 0 Å². The zero-order chi connectivity index (χ0) is 17.6. The van der Waals surface area contributed by atoms with Gasteiger partial charge in [0, 0.05) is 17.8 Å². The first kappa shape index (κ1) is 19.4. The maximum absolute atomic E-state index is 11.7. The monoisotopic (exact) mass is 331 g/mol. The highest BCUT2D eigenvalue weighted by molar-refractivity contribution is 6.02. The second-order valence-corrected chi connectivity index (χ2v) is 5.17. The molecule has 0 aliphatic carbocycles. The summed E-state index contributed by atoms with van der Waals surface area (Å²) in [5.41, 5.74) is 1.30. The lowest BCUT2D eigenvalue weighted by molar-refractivity contribution is 0.112. The van der Waals surface area contributed by atoms with E-state index in [0.29, 0.717) is 18.1 Å². The summed E-state index contributed by atoms with van der Waals surface area (Å²) in [6.45, 7) is 6.38. The van der Waals surface area contributed by atoms with Crippen LogP contribution in [0.15, 0.2) is 41.9 Å². The number of aldehydes is 1. The quantitative estimate of drug-likeness (QED) is 0.237. The van der Waals surface area contributed by atoms with Crippen molar-refractivity contribution < 1.29 is 14.3 Å². The number of rotatable bonds is 9. The Balaban J connectivity index is 2.66. The van der Waals surface area contributed by atoms with Gasteiger partial charge in [0.05, 0.1) is 0 Å². The lowest BCUT2D eigenvalue weighted by atomic mass is 10.2. The molecule has 0 saturated carbocycles. The van der Waals surface area contributed by atoms with Crippen LogP contribution in [0.4, 0.5) is 10.5 Å². The Morgan fingerprint density at radius 1 is 1.25 bits per heavy atom. The molecular formula is C18H25N3O3. The molecule has 0 aliphatic heterocycles. The second kappa shape index (κ2) is 11.9. The fraction of sp³-hybridized carbons (Fsp3) is 0.389. The number of benzene rings is 1. The standard InChI is InChI=1S/C18H25N3O3/c1-3-5-6-7-12-19-17(21-18(23)24-13-4-2)20-16-10-8-15(14-22)9-11-16/h4,8-11,14H,2-3,5-7,12-13H2,1H3,(H2,19,20,21,23). The van der Waals surface area contributed by atoms with Gasteiger partial charge < -0.3 is 10.1 Å². The minimum Gasteiger partial charge on any atom is -0.445 e. The molecule has 1 aromatic carbocycles. The van der Waals surface area contributed by atoms with Crippen molar-refractivity contribution in [2.45, 2.75) is 32.6 Å². The van der Waals surface area contributed by atoms with Crippen LogP contribution in [0.25, 0.3) is 0 Å². The number of ether oxygens (including phenoxy) is 1. The first-order chi connectivity index (χ1) is 11.7. The average Bonchev–Trinajstić information content (AvgIpc) is 2.60. The van der Waals surface area contributed by atoms with E-state index in [0.717, 1.165) is 31.2 Å². The number of aliphatic imine (C=N–C) groups is 1. The number of carbonyl (C=O) groups is 2. The Labute approximate surface area is 143 Å². The number of unbranched alkanes of at least 4 members (excludes halogenated alkanes) is 3. The van der Waals surface area contributed by atoms with Gasteiger partial charge in [0.1, 0.15) is 12.9 Å². The van der Waals surface area contributed by atoms with Crippen molar-refractivity contribution in [3.8, 4) is 0 Å². The van der Waals surface area contributed by atoms with Crippen molar-refractivity contribution in [3.05, 3.63) is 42.5 Å². The largest absolute Gasteiger partial charge is 0.445 e. The summed E-state index contributed by atoms with van der Waals surface area (Å²) < 4.78 is 4.91. The molecule has 0 fully saturated rings. The lowest BCUT2D eigenvalue weighted by Gasteiger charge is -2.11. The van der Waals surface area contributed by atoms with E-state index in [1.54, 1.807) is 24.3 Å². The van der Waals surface area contributed by atoms with E-state index in [9.17, 15) is 9.59 Å². The maximum atomic E-state index is 11.7. The number of hydrogen-bond donors (Lipinski definition) is 2. The number of carbonyl (C=O) groups excluding carboxylic acids is 2. The van der Waals surface area contributed by atoms with Gasteiger partial charge in [0.15, 0.2) is 0 Å². The summed E-state index contributed by atoms with van der Waals surface area (Å²) in [5, 5.41) is 5.61. The molecule has 0 aliphatic rings. The summed E-state index contributed by atoms with van der Waals surface area (Å²) in [6.07, 6.45) is 6.04. The van der Waals surface area contributed by atoms with E-state index in [1.165, 1.54) is 12.5 Å². The first-order valence-electron chi connectivity index (χ1n) is 8.11. The third-order valence-corrected chi connectivity index (χ3v) is 3.14. The molecule has 0 heterocycles. The van der Waals surface area contributed by atoms with Crippen LogP contribution in [0.1, 0.15) is 43.0 Å². The molecule has 0 atom stereocenters. The number of guanidine groups is 1. The van der Waals surface area contributed by atoms with Gasteiger partial charge in [-0.05, 0) is 30.7 Å². The molecule has 130 valence electrons. The topological polar surface area (TPSA) is 79.8 Å². The zero-order valence-electron chi connectivity index (χ0n) is 14.1. The van der Waals surface area contributed by atoms with Crippen molar-refractivity contribution in [3.63, 3.8) is 0 Å². The van der Waals surface area contributed by atoms with Crippen LogP contribution in [0.3, 0.4) is 0 Å². The molecule has 0 radical (unpaired) electrons. The Kier molecular flexibility index (Phi) is 9.61. The molecule has 24 heavy (non-hydrogen) atoms. The first-order valence-corrected chi connectivity index (χ1v) is 8.11. The van der Waals surface area contributed by atoms with Crippen molar-refractivity contribution in [2.24, 2.45) is 4.99 Å². The van der Waals surface area contributed by atoms with Crippen molar-refractivity contribution >= 4 is 24.0 Å². The van der Waals surface area contributed by atoms with E-state index in [4.69, 9.17) is 4.74 Å². The van der Waals surface area contributed by atoms with Gasteiger partial charge >= 0.3 is 6.09 Å². The molecule has 6 heteroatoms. The molecule has 0 unspecified atom stereocenters. The van der Waals surface area contributed by atoms with Crippen LogP contribution in [0, 0.1) is 0 Å². The number of nitrogens with one attached hydrogen (secondary N) is 2. The van der Waals surface area contributed by atoms with Gasteiger partial charge in [-0.2, -0.15) is 0 Å². The predicted octanol–water partition coefficient (Wildman–Crippen LogP) is 3.76. The summed E-state index contributed by atoms with van der Waals surface area (Å²) in [6, 6.07) is 6.86. The van der Waals surface area contributed by atoms with Gasteiger partial charge in [-0.15, -0.1) is 0 Å². The lowest BCUT2D eigenvalue weighted by Crippen LogP contribution is -2.36. The zero-order valence-corrected chi connectivity index (χ0v) is 14.1.